The number of unbranched alkanes of at least 4 members (excludes halogenated alkanes) is 1. The van der Waals surface area contributed by atoms with Crippen molar-refractivity contribution in [1.82, 2.24) is 0 Å². The normalized spacial score (nSPS) is 8.24. The zero-order valence-corrected chi connectivity index (χ0v) is 19.3. The monoisotopic (exact) mass is 349 g/mol. The third kappa shape index (κ3) is 72.2. The van der Waals surface area contributed by atoms with E-state index in [0.29, 0.717) is 0 Å². The Morgan fingerprint density at radius 1 is 0.920 bits per heavy atom. The van der Waals surface area contributed by atoms with Crippen LogP contribution in [0.15, 0.2) is 60.8 Å². The van der Waals surface area contributed by atoms with Crippen LogP contribution in [0.1, 0.15) is 89.0 Å². The molecule has 0 saturated heterocycles. The molecule has 0 bridgehead atoms. The summed E-state index contributed by atoms with van der Waals surface area (Å²) in [6, 6.07) is 1.75. The molecule has 0 atom stereocenters. The molecule has 0 radical (unpaired) electrons. The molecule has 0 heterocycles. The molecule has 0 aromatic rings. The lowest BCUT2D eigenvalue weighted by molar-refractivity contribution is 1.04. The zero-order valence-electron chi connectivity index (χ0n) is 19.3. The van der Waals surface area contributed by atoms with E-state index in [2.05, 4.69) is 32.7 Å². The summed E-state index contributed by atoms with van der Waals surface area (Å²) in [5, 5.41) is 7.32. The summed E-state index contributed by atoms with van der Waals surface area (Å²) >= 11 is 0. The molecule has 148 valence electrons. The van der Waals surface area contributed by atoms with Gasteiger partial charge in [-0.3, -0.25) is 0 Å². The van der Waals surface area contributed by atoms with Crippen LogP contribution in [0.4, 0.5) is 0 Å². The van der Waals surface area contributed by atoms with Crippen LogP contribution in [0.2, 0.25) is 0 Å². The Labute approximate surface area is 161 Å². The van der Waals surface area contributed by atoms with Crippen molar-refractivity contribution in [1.29, 1.82) is 5.26 Å². The van der Waals surface area contributed by atoms with Gasteiger partial charge < -0.3 is 0 Å². The van der Waals surface area contributed by atoms with Gasteiger partial charge in [0.2, 0.25) is 0 Å². The van der Waals surface area contributed by atoms with Crippen LogP contribution in [0, 0.1) is 11.3 Å². The molecule has 0 rings (SSSR count). The zero-order chi connectivity index (χ0) is 21.7. The van der Waals surface area contributed by atoms with Crippen molar-refractivity contribution in [2.75, 3.05) is 0 Å². The molecule has 0 N–H and O–H groups in total. The van der Waals surface area contributed by atoms with Crippen molar-refractivity contribution < 1.29 is 0 Å². The van der Waals surface area contributed by atoms with E-state index in [1.807, 2.05) is 80.5 Å². The Hall–Kier alpha value is -1.81. The average molecular weight is 350 g/mol. The number of hydrogen-bond acceptors (Lipinski definition) is 1. The van der Waals surface area contributed by atoms with Crippen molar-refractivity contribution in [3.05, 3.63) is 60.8 Å². The van der Waals surface area contributed by atoms with Crippen molar-refractivity contribution in [3.63, 3.8) is 0 Å². The smallest absolute Gasteiger partial charge is 0.0587 e. The van der Waals surface area contributed by atoms with Crippen LogP contribution in [0.5, 0.6) is 0 Å². The standard InChI is InChI=1S/C10H16.C6H10.C2H3N.3C2H6/c1-5-6-7-8-10(4)9(2)3;1-4-6(3)5-2;1-2-3;3*1-2/h5,8H,1-2,6-7H2,3-4H3;4-5H,1H2,2-3H3;1H3;3*1-2H3/b10-8+;6-5-;;;;. The van der Waals surface area contributed by atoms with Gasteiger partial charge in [-0.1, -0.05) is 95.7 Å². The second-order valence-electron chi connectivity index (χ2n) is 3.99. The summed E-state index contributed by atoms with van der Waals surface area (Å²) in [4.78, 5) is 0. The molecule has 0 spiro atoms. The molecule has 0 aliphatic heterocycles. The first-order chi connectivity index (χ1) is 11.9. The number of nitriles is 1. The van der Waals surface area contributed by atoms with Gasteiger partial charge in [-0.15, -0.1) is 6.58 Å². The Balaban J connectivity index is -0.0000000515. The molecule has 0 aromatic carbocycles. The lowest BCUT2D eigenvalue weighted by atomic mass is 10.1. The third-order valence-corrected chi connectivity index (χ3v) is 2.27. The Kier molecular flexibility index (Phi) is 76.5. The van der Waals surface area contributed by atoms with E-state index in [9.17, 15) is 0 Å². The first kappa shape index (κ1) is 38.6. The minimum atomic E-state index is 1.06. The molecule has 0 fully saturated rings. The fourth-order valence-electron chi connectivity index (χ4n) is 0.710. The Bertz CT molecular complexity index is 349. The highest BCUT2D eigenvalue weighted by Crippen LogP contribution is 2.06. The van der Waals surface area contributed by atoms with Crippen molar-refractivity contribution in [2.24, 2.45) is 0 Å². The van der Waals surface area contributed by atoms with Gasteiger partial charge in [0.1, 0.15) is 0 Å². The summed E-state index contributed by atoms with van der Waals surface area (Å²) in [5.41, 5.74) is 3.68. The average Bonchev–Trinajstić information content (AvgIpc) is 2.67. The number of rotatable bonds is 5. The minimum absolute atomic E-state index is 1.06. The summed E-state index contributed by atoms with van der Waals surface area (Å²) in [5.74, 6) is 0. The summed E-state index contributed by atoms with van der Waals surface area (Å²) < 4.78 is 0. The summed E-state index contributed by atoms with van der Waals surface area (Å²) in [6.07, 6.45) is 10.1. The molecule has 0 aliphatic rings. The van der Waals surface area contributed by atoms with E-state index in [-0.39, 0.29) is 0 Å². The van der Waals surface area contributed by atoms with Crippen LogP contribution >= 0.6 is 0 Å². The predicted molar refractivity (Wildman–Crippen MR) is 123 cm³/mol. The summed E-state index contributed by atoms with van der Waals surface area (Å²) in [6.45, 7) is 32.6. The molecule has 0 aromatic heterocycles. The van der Waals surface area contributed by atoms with E-state index < -0.39 is 0 Å². The second-order valence-corrected chi connectivity index (χ2v) is 3.99. The Morgan fingerprint density at radius 2 is 1.28 bits per heavy atom. The van der Waals surface area contributed by atoms with Crippen LogP contribution < -0.4 is 0 Å². The second kappa shape index (κ2) is 49.5. The van der Waals surface area contributed by atoms with Crippen LogP contribution in [0.25, 0.3) is 0 Å². The third-order valence-electron chi connectivity index (χ3n) is 2.27. The highest BCUT2D eigenvalue weighted by Gasteiger charge is 1.86. The predicted octanol–water partition coefficient (Wildman–Crippen LogP) is 9.22. The molecular formula is C24H47N. The van der Waals surface area contributed by atoms with Gasteiger partial charge in [0, 0.05) is 6.92 Å². The van der Waals surface area contributed by atoms with Gasteiger partial charge >= 0.3 is 0 Å². The molecule has 1 heteroatoms. The van der Waals surface area contributed by atoms with E-state index in [4.69, 9.17) is 5.26 Å². The van der Waals surface area contributed by atoms with Gasteiger partial charge in [-0.2, -0.15) is 5.26 Å². The van der Waals surface area contributed by atoms with E-state index >= 15 is 0 Å². The maximum absolute atomic E-state index is 7.32. The van der Waals surface area contributed by atoms with Gasteiger partial charge in [0.05, 0.1) is 6.07 Å². The van der Waals surface area contributed by atoms with E-state index in [1.54, 1.807) is 6.07 Å². The Morgan fingerprint density at radius 3 is 1.44 bits per heavy atom. The lowest BCUT2D eigenvalue weighted by Gasteiger charge is -1.96. The molecular weight excluding hydrogens is 302 g/mol. The maximum Gasteiger partial charge on any atom is 0.0587 e. The maximum atomic E-state index is 7.32. The molecule has 0 unspecified atom stereocenters. The van der Waals surface area contributed by atoms with Gasteiger partial charge in [0.15, 0.2) is 0 Å². The lowest BCUT2D eigenvalue weighted by Crippen LogP contribution is -1.75. The SMILES string of the molecule is C=C/C(C)=C\C.C=CCC/C=C(\C)C(=C)C.CC.CC.CC.CC#N. The highest BCUT2D eigenvalue weighted by atomic mass is 14.2. The number of allylic oxidation sites excluding steroid dienone is 7. The van der Waals surface area contributed by atoms with Crippen LogP contribution in [-0.4, -0.2) is 0 Å². The van der Waals surface area contributed by atoms with Crippen LogP contribution in [0.3, 0.4) is 0 Å². The van der Waals surface area contributed by atoms with E-state index in [0.717, 1.165) is 18.4 Å². The first-order valence-electron chi connectivity index (χ1n) is 9.40. The van der Waals surface area contributed by atoms with Crippen molar-refractivity contribution in [2.45, 2.75) is 89.0 Å². The molecule has 25 heavy (non-hydrogen) atoms. The van der Waals surface area contributed by atoms with Gasteiger partial charge in [-0.05, 0) is 40.5 Å². The largest absolute Gasteiger partial charge is 0.199 e. The van der Waals surface area contributed by atoms with Crippen LogP contribution in [-0.2, 0) is 0 Å². The quantitative estimate of drug-likeness (QED) is 0.275. The molecule has 0 amide bonds. The minimum Gasteiger partial charge on any atom is -0.199 e. The molecule has 0 saturated carbocycles. The van der Waals surface area contributed by atoms with Crippen molar-refractivity contribution >= 4 is 0 Å². The van der Waals surface area contributed by atoms with Crippen molar-refractivity contribution in [3.8, 4) is 6.07 Å². The number of hydrogen-bond donors (Lipinski definition) is 0. The van der Waals surface area contributed by atoms with Gasteiger partial charge in [-0.25, -0.2) is 0 Å². The first-order valence-corrected chi connectivity index (χ1v) is 9.40. The number of nitrogens with zero attached hydrogens (tertiary/aromatic N) is 1. The topological polar surface area (TPSA) is 23.8 Å². The summed E-state index contributed by atoms with van der Waals surface area (Å²) in [7, 11) is 0. The fraction of sp³-hybridized carbons (Fsp3) is 0.542. The molecule has 0 aliphatic carbocycles. The fourth-order valence-corrected chi connectivity index (χ4v) is 0.710. The molecule has 1 nitrogen and oxygen atoms in total. The van der Waals surface area contributed by atoms with Gasteiger partial charge in [0.25, 0.3) is 0 Å². The highest BCUT2D eigenvalue weighted by molar-refractivity contribution is 5.23. The van der Waals surface area contributed by atoms with E-state index in [1.165, 1.54) is 18.1 Å².